The first-order valence-electron chi connectivity index (χ1n) is 6.72. The molecule has 0 radical (unpaired) electrons. The zero-order chi connectivity index (χ0) is 12.8. The lowest BCUT2D eigenvalue weighted by Crippen LogP contribution is -2.00. The molecule has 1 heterocycles. The van der Waals surface area contributed by atoms with Gasteiger partial charge in [0.25, 0.3) is 0 Å². The number of ether oxygens (including phenoxy) is 2. The fourth-order valence-corrected chi connectivity index (χ4v) is 2.08. The van der Waals surface area contributed by atoms with Crippen molar-refractivity contribution >= 4 is 5.97 Å². The Hall–Kier alpha value is -1.51. The van der Waals surface area contributed by atoms with Crippen LogP contribution in [0.25, 0.3) is 0 Å². The van der Waals surface area contributed by atoms with E-state index in [1.165, 1.54) is 12.8 Å². The van der Waals surface area contributed by atoms with Crippen molar-refractivity contribution in [3.63, 3.8) is 0 Å². The molecule has 0 amide bonds. The highest BCUT2D eigenvalue weighted by Gasteiger charge is 2.24. The van der Waals surface area contributed by atoms with Crippen LogP contribution in [-0.2, 0) is 9.53 Å². The average molecular weight is 248 g/mol. The Balaban J connectivity index is 1.83. The lowest BCUT2D eigenvalue weighted by Gasteiger charge is -2.11. The summed E-state index contributed by atoms with van der Waals surface area (Å²) in [6, 6.07) is 7.87. The number of rotatable bonds is 6. The Morgan fingerprint density at radius 3 is 2.67 bits per heavy atom. The van der Waals surface area contributed by atoms with Gasteiger partial charge in [0, 0.05) is 6.42 Å². The number of hydrogen-bond donors (Lipinski definition) is 0. The summed E-state index contributed by atoms with van der Waals surface area (Å²) in [6.45, 7) is 2.95. The smallest absolute Gasteiger partial charge is 0.306 e. The van der Waals surface area contributed by atoms with E-state index in [0.717, 1.165) is 30.8 Å². The average Bonchev–Trinajstić information content (AvgIpc) is 2.82. The quantitative estimate of drug-likeness (QED) is 0.569. The molecular weight excluding hydrogens is 228 g/mol. The largest absolute Gasteiger partial charge is 0.494 e. The van der Waals surface area contributed by atoms with Crippen molar-refractivity contribution in [2.24, 2.45) is 0 Å². The normalized spacial score (nSPS) is 18.7. The number of hydrogen-bond acceptors (Lipinski definition) is 3. The highest BCUT2D eigenvalue weighted by Crippen LogP contribution is 2.30. The predicted octanol–water partition coefficient (Wildman–Crippen LogP) is 3.63. The molecule has 0 spiro atoms. The highest BCUT2D eigenvalue weighted by atomic mass is 16.5. The molecule has 1 aromatic carbocycles. The van der Waals surface area contributed by atoms with Crippen LogP contribution < -0.4 is 4.74 Å². The molecule has 3 heteroatoms. The summed E-state index contributed by atoms with van der Waals surface area (Å²) in [7, 11) is 0. The maximum absolute atomic E-state index is 11.0. The lowest BCUT2D eigenvalue weighted by atomic mass is 10.1. The first kappa shape index (κ1) is 12.9. The Kier molecular flexibility index (Phi) is 4.62. The molecule has 0 aliphatic carbocycles. The minimum Gasteiger partial charge on any atom is -0.494 e. The van der Waals surface area contributed by atoms with Crippen LogP contribution in [0.4, 0.5) is 0 Å². The van der Waals surface area contributed by atoms with Gasteiger partial charge < -0.3 is 9.47 Å². The number of benzene rings is 1. The van der Waals surface area contributed by atoms with E-state index in [1.807, 2.05) is 24.3 Å². The van der Waals surface area contributed by atoms with Gasteiger partial charge in [-0.05, 0) is 30.5 Å². The van der Waals surface area contributed by atoms with E-state index in [1.54, 1.807) is 0 Å². The molecule has 18 heavy (non-hydrogen) atoms. The summed E-state index contributed by atoms with van der Waals surface area (Å²) in [4.78, 5) is 11.0. The van der Waals surface area contributed by atoms with E-state index in [2.05, 4.69) is 6.92 Å². The van der Waals surface area contributed by atoms with Crippen molar-refractivity contribution in [2.45, 2.75) is 45.1 Å². The number of carbonyl (C=O) groups excluding carboxylic acids is 1. The first-order valence-corrected chi connectivity index (χ1v) is 6.72. The van der Waals surface area contributed by atoms with Crippen molar-refractivity contribution in [3.05, 3.63) is 29.8 Å². The van der Waals surface area contributed by atoms with Crippen LogP contribution in [0.3, 0.4) is 0 Å². The van der Waals surface area contributed by atoms with Gasteiger partial charge in [-0.2, -0.15) is 0 Å². The van der Waals surface area contributed by atoms with Gasteiger partial charge in [0.15, 0.2) is 0 Å². The molecule has 1 aliphatic heterocycles. The summed E-state index contributed by atoms with van der Waals surface area (Å²) in [6.07, 6.45) is 4.76. The molecule has 1 atom stereocenters. The summed E-state index contributed by atoms with van der Waals surface area (Å²) < 4.78 is 10.9. The molecule has 0 aromatic heterocycles. The second-order valence-corrected chi connectivity index (χ2v) is 4.64. The van der Waals surface area contributed by atoms with E-state index in [0.29, 0.717) is 6.42 Å². The van der Waals surface area contributed by atoms with E-state index < -0.39 is 0 Å². The lowest BCUT2D eigenvalue weighted by molar-refractivity contribution is -0.141. The molecule has 1 aliphatic rings. The Morgan fingerprint density at radius 2 is 2.06 bits per heavy atom. The minimum atomic E-state index is -0.0973. The molecule has 1 fully saturated rings. The zero-order valence-corrected chi connectivity index (χ0v) is 10.9. The van der Waals surface area contributed by atoms with Crippen LogP contribution in [-0.4, -0.2) is 12.6 Å². The van der Waals surface area contributed by atoms with Crippen molar-refractivity contribution in [3.8, 4) is 5.75 Å². The van der Waals surface area contributed by atoms with Gasteiger partial charge in [-0.1, -0.05) is 31.9 Å². The topological polar surface area (TPSA) is 35.5 Å². The molecule has 2 rings (SSSR count). The van der Waals surface area contributed by atoms with Crippen molar-refractivity contribution in [1.29, 1.82) is 0 Å². The molecule has 1 saturated heterocycles. The van der Waals surface area contributed by atoms with Crippen molar-refractivity contribution in [2.75, 3.05) is 6.61 Å². The minimum absolute atomic E-state index is 0.0633. The van der Waals surface area contributed by atoms with Crippen LogP contribution in [0.5, 0.6) is 5.75 Å². The monoisotopic (exact) mass is 248 g/mol. The molecule has 1 unspecified atom stereocenters. The molecule has 98 valence electrons. The molecule has 0 bridgehead atoms. The summed E-state index contributed by atoms with van der Waals surface area (Å²) >= 11 is 0. The summed E-state index contributed by atoms with van der Waals surface area (Å²) in [5.74, 6) is 0.791. The highest BCUT2D eigenvalue weighted by molar-refractivity contribution is 5.71. The standard InChI is InChI=1S/C15H20O3/c1-2-3-4-11-17-13-7-5-12(6-8-13)14-9-10-15(16)18-14/h5-8,14H,2-4,9-11H2,1H3. The maximum atomic E-state index is 11.0. The Morgan fingerprint density at radius 1 is 1.28 bits per heavy atom. The third-order valence-corrected chi connectivity index (χ3v) is 3.15. The van der Waals surface area contributed by atoms with Gasteiger partial charge in [-0.3, -0.25) is 4.79 Å². The van der Waals surface area contributed by atoms with E-state index >= 15 is 0 Å². The van der Waals surface area contributed by atoms with Gasteiger partial charge in [-0.15, -0.1) is 0 Å². The summed E-state index contributed by atoms with van der Waals surface area (Å²) in [5.41, 5.74) is 1.06. The van der Waals surface area contributed by atoms with E-state index in [4.69, 9.17) is 9.47 Å². The molecule has 3 nitrogen and oxygen atoms in total. The number of esters is 1. The van der Waals surface area contributed by atoms with Crippen LogP contribution in [0.2, 0.25) is 0 Å². The number of carbonyl (C=O) groups is 1. The molecule has 1 aromatic rings. The van der Waals surface area contributed by atoms with Crippen LogP contribution in [0.1, 0.15) is 50.7 Å². The van der Waals surface area contributed by atoms with Crippen LogP contribution in [0, 0.1) is 0 Å². The second-order valence-electron chi connectivity index (χ2n) is 4.64. The molecule has 0 saturated carbocycles. The third kappa shape index (κ3) is 3.49. The predicted molar refractivity (Wildman–Crippen MR) is 69.5 cm³/mol. The van der Waals surface area contributed by atoms with Crippen molar-refractivity contribution in [1.82, 2.24) is 0 Å². The van der Waals surface area contributed by atoms with E-state index in [9.17, 15) is 4.79 Å². The van der Waals surface area contributed by atoms with Gasteiger partial charge in [0.1, 0.15) is 11.9 Å². The van der Waals surface area contributed by atoms with Gasteiger partial charge in [0.2, 0.25) is 0 Å². The SMILES string of the molecule is CCCCCOc1ccc(C2CCC(=O)O2)cc1. The Bertz CT molecular complexity index is 383. The number of unbranched alkanes of at least 4 members (excludes halogenated alkanes) is 2. The van der Waals surface area contributed by atoms with Gasteiger partial charge in [-0.25, -0.2) is 0 Å². The summed E-state index contributed by atoms with van der Waals surface area (Å²) in [5, 5.41) is 0. The first-order chi connectivity index (χ1) is 8.79. The van der Waals surface area contributed by atoms with Crippen LogP contribution in [0.15, 0.2) is 24.3 Å². The van der Waals surface area contributed by atoms with Crippen LogP contribution >= 0.6 is 0 Å². The molecule has 0 N–H and O–H groups in total. The second kappa shape index (κ2) is 6.43. The maximum Gasteiger partial charge on any atom is 0.306 e. The third-order valence-electron chi connectivity index (χ3n) is 3.15. The Labute approximate surface area is 108 Å². The van der Waals surface area contributed by atoms with Gasteiger partial charge >= 0.3 is 5.97 Å². The fraction of sp³-hybridized carbons (Fsp3) is 0.533. The van der Waals surface area contributed by atoms with E-state index in [-0.39, 0.29) is 12.1 Å². The van der Waals surface area contributed by atoms with Crippen molar-refractivity contribution < 1.29 is 14.3 Å². The zero-order valence-electron chi connectivity index (χ0n) is 10.9. The molecular formula is C15H20O3. The number of cyclic esters (lactones) is 1. The van der Waals surface area contributed by atoms with Gasteiger partial charge in [0.05, 0.1) is 6.61 Å². The fourth-order valence-electron chi connectivity index (χ4n) is 2.08.